The molecule has 0 bridgehead atoms. The van der Waals surface area contributed by atoms with E-state index < -0.39 is 21.0 Å². The molecular weight excluding hydrogens is 352 g/mol. The van der Waals surface area contributed by atoms with Crippen LogP contribution in [0.25, 0.3) is 0 Å². The third-order valence-corrected chi connectivity index (χ3v) is 5.66. The Labute approximate surface area is 145 Å². The second kappa shape index (κ2) is 6.78. The van der Waals surface area contributed by atoms with Gasteiger partial charge in [-0.2, -0.15) is 0 Å². The first kappa shape index (κ1) is 18.2. The first-order valence-electron chi connectivity index (χ1n) is 7.19. The lowest BCUT2D eigenvalue weighted by Gasteiger charge is -2.28. The maximum absolute atomic E-state index is 13.0. The van der Waals surface area contributed by atoms with Crippen molar-refractivity contribution >= 4 is 33.0 Å². The Morgan fingerprint density at radius 3 is 2.21 bits per heavy atom. The van der Waals surface area contributed by atoms with Crippen molar-refractivity contribution in [2.24, 2.45) is 0 Å². The molecule has 0 N–H and O–H groups in total. The van der Waals surface area contributed by atoms with Gasteiger partial charge < -0.3 is 0 Å². The van der Waals surface area contributed by atoms with Crippen molar-refractivity contribution in [1.82, 2.24) is 0 Å². The Balaban J connectivity index is 2.67. The number of sulfonamides is 1. The molecule has 0 saturated heterocycles. The van der Waals surface area contributed by atoms with Crippen molar-refractivity contribution in [3.63, 3.8) is 0 Å². The lowest BCUT2D eigenvalue weighted by Crippen LogP contribution is -2.37. The van der Waals surface area contributed by atoms with E-state index in [9.17, 15) is 18.5 Å². The standard InChI is InChI=1S/C16H17ClN2O4S/c1-11(2)18(15-9-6-13(17)10-16(15)19(20)21)24(22,23)14-7-4-12(3)5-8-14/h4-11H,1-3H3. The molecule has 0 spiro atoms. The van der Waals surface area contributed by atoms with Gasteiger partial charge in [0.15, 0.2) is 0 Å². The molecule has 24 heavy (non-hydrogen) atoms. The molecule has 2 aromatic carbocycles. The molecule has 8 heteroatoms. The number of nitrogens with zero attached hydrogens (tertiary/aromatic N) is 2. The van der Waals surface area contributed by atoms with Crippen molar-refractivity contribution in [2.75, 3.05) is 4.31 Å². The van der Waals surface area contributed by atoms with Crippen LogP contribution in [0, 0.1) is 17.0 Å². The van der Waals surface area contributed by atoms with Gasteiger partial charge in [0.1, 0.15) is 5.69 Å². The van der Waals surface area contributed by atoms with Gasteiger partial charge in [0.2, 0.25) is 0 Å². The Hall–Kier alpha value is -2.12. The molecule has 6 nitrogen and oxygen atoms in total. The summed E-state index contributed by atoms with van der Waals surface area (Å²) >= 11 is 5.82. The molecule has 2 aromatic rings. The first-order valence-corrected chi connectivity index (χ1v) is 9.01. The highest BCUT2D eigenvalue weighted by Crippen LogP contribution is 2.35. The van der Waals surface area contributed by atoms with Crippen LogP contribution in [0.3, 0.4) is 0 Å². The number of benzene rings is 2. The lowest BCUT2D eigenvalue weighted by molar-refractivity contribution is -0.384. The van der Waals surface area contributed by atoms with Gasteiger partial charge in [0.25, 0.3) is 15.7 Å². The van der Waals surface area contributed by atoms with Gasteiger partial charge in [-0.3, -0.25) is 14.4 Å². The molecule has 0 aliphatic carbocycles. The maximum atomic E-state index is 13.0. The summed E-state index contributed by atoms with van der Waals surface area (Å²) in [7, 11) is -3.95. The van der Waals surface area contributed by atoms with Crippen molar-refractivity contribution in [3.8, 4) is 0 Å². The normalized spacial score (nSPS) is 11.5. The zero-order valence-electron chi connectivity index (χ0n) is 13.4. The number of nitro groups is 1. The van der Waals surface area contributed by atoms with E-state index in [0.717, 1.165) is 15.9 Å². The predicted octanol–water partition coefficient (Wildman–Crippen LogP) is 4.16. The van der Waals surface area contributed by atoms with Gasteiger partial charge in [-0.15, -0.1) is 0 Å². The largest absolute Gasteiger partial charge is 0.295 e. The molecule has 0 fully saturated rings. The molecule has 0 saturated carbocycles. The summed E-state index contributed by atoms with van der Waals surface area (Å²) in [4.78, 5) is 10.8. The highest BCUT2D eigenvalue weighted by atomic mass is 35.5. The van der Waals surface area contributed by atoms with Gasteiger partial charge in [0, 0.05) is 17.1 Å². The third-order valence-electron chi connectivity index (χ3n) is 3.42. The van der Waals surface area contributed by atoms with Crippen LogP contribution >= 0.6 is 11.6 Å². The molecule has 2 rings (SSSR count). The second-order valence-electron chi connectivity index (χ2n) is 5.60. The summed E-state index contributed by atoms with van der Waals surface area (Å²) in [5, 5.41) is 11.5. The highest BCUT2D eigenvalue weighted by Gasteiger charge is 2.32. The summed E-state index contributed by atoms with van der Waals surface area (Å²) in [5.74, 6) is 0. The van der Waals surface area contributed by atoms with Gasteiger partial charge >= 0.3 is 0 Å². The number of nitro benzene ring substituents is 1. The fourth-order valence-corrected chi connectivity index (χ4v) is 4.18. The Morgan fingerprint density at radius 1 is 1.12 bits per heavy atom. The van der Waals surface area contributed by atoms with E-state index in [4.69, 9.17) is 11.6 Å². The number of anilines is 1. The van der Waals surface area contributed by atoms with E-state index >= 15 is 0 Å². The van der Waals surface area contributed by atoms with Crippen LogP contribution in [0.5, 0.6) is 0 Å². The van der Waals surface area contributed by atoms with E-state index in [1.807, 2.05) is 6.92 Å². The number of aryl methyl sites for hydroxylation is 1. The van der Waals surface area contributed by atoms with Crippen molar-refractivity contribution in [1.29, 1.82) is 0 Å². The fourth-order valence-electron chi connectivity index (χ4n) is 2.34. The molecule has 0 aliphatic rings. The molecule has 0 amide bonds. The number of hydrogen-bond acceptors (Lipinski definition) is 4. The van der Waals surface area contributed by atoms with Crippen LogP contribution in [-0.4, -0.2) is 19.4 Å². The lowest BCUT2D eigenvalue weighted by atomic mass is 10.2. The molecule has 0 aliphatic heterocycles. The van der Waals surface area contributed by atoms with Crippen LogP contribution < -0.4 is 4.31 Å². The van der Waals surface area contributed by atoms with E-state index in [2.05, 4.69) is 0 Å². The van der Waals surface area contributed by atoms with Crippen LogP contribution in [0.1, 0.15) is 19.4 Å². The van der Waals surface area contributed by atoms with Crippen LogP contribution in [0.15, 0.2) is 47.4 Å². The molecular formula is C16H17ClN2O4S. The van der Waals surface area contributed by atoms with Crippen molar-refractivity contribution < 1.29 is 13.3 Å². The minimum absolute atomic E-state index is 0.0139. The monoisotopic (exact) mass is 368 g/mol. The van der Waals surface area contributed by atoms with E-state index in [1.165, 1.54) is 24.3 Å². The highest BCUT2D eigenvalue weighted by molar-refractivity contribution is 7.92. The van der Waals surface area contributed by atoms with Crippen LogP contribution in [0.4, 0.5) is 11.4 Å². The summed E-state index contributed by atoms with van der Waals surface area (Å²) in [5.41, 5.74) is 0.550. The van der Waals surface area contributed by atoms with Gasteiger partial charge in [-0.1, -0.05) is 29.3 Å². The fraction of sp³-hybridized carbons (Fsp3) is 0.250. The molecule has 0 aromatic heterocycles. The van der Waals surface area contributed by atoms with Gasteiger partial charge in [-0.05, 0) is 45.0 Å². The van der Waals surface area contributed by atoms with Crippen LogP contribution in [-0.2, 0) is 10.0 Å². The smallest absolute Gasteiger partial charge is 0.258 e. The number of halogens is 1. The van der Waals surface area contributed by atoms with E-state index in [0.29, 0.717) is 0 Å². The molecule has 0 heterocycles. The minimum Gasteiger partial charge on any atom is -0.258 e. The van der Waals surface area contributed by atoms with Gasteiger partial charge in [-0.25, -0.2) is 8.42 Å². The van der Waals surface area contributed by atoms with Crippen molar-refractivity contribution in [2.45, 2.75) is 31.7 Å². The summed E-state index contributed by atoms with van der Waals surface area (Å²) in [6.45, 7) is 5.16. The predicted molar refractivity (Wildman–Crippen MR) is 94.1 cm³/mol. The molecule has 0 atom stereocenters. The van der Waals surface area contributed by atoms with E-state index in [-0.39, 0.29) is 21.3 Å². The molecule has 128 valence electrons. The maximum Gasteiger partial charge on any atom is 0.295 e. The zero-order chi connectivity index (χ0) is 18.1. The molecule has 0 unspecified atom stereocenters. The Morgan fingerprint density at radius 2 is 1.71 bits per heavy atom. The third kappa shape index (κ3) is 3.52. The minimum atomic E-state index is -3.95. The number of hydrogen-bond donors (Lipinski definition) is 0. The topological polar surface area (TPSA) is 80.5 Å². The number of rotatable bonds is 5. The van der Waals surface area contributed by atoms with E-state index in [1.54, 1.807) is 26.0 Å². The molecule has 0 radical (unpaired) electrons. The Kier molecular flexibility index (Phi) is 5.15. The second-order valence-corrected chi connectivity index (χ2v) is 7.85. The average Bonchev–Trinajstić information content (AvgIpc) is 2.48. The first-order chi connectivity index (χ1) is 11.1. The van der Waals surface area contributed by atoms with Gasteiger partial charge in [0.05, 0.1) is 9.82 Å². The average molecular weight is 369 g/mol. The Bertz CT molecular complexity index is 864. The quantitative estimate of drug-likeness (QED) is 0.586. The summed E-state index contributed by atoms with van der Waals surface area (Å²) in [6.07, 6.45) is 0. The summed E-state index contributed by atoms with van der Waals surface area (Å²) in [6, 6.07) is 9.76. The zero-order valence-corrected chi connectivity index (χ0v) is 15.0. The van der Waals surface area contributed by atoms with Crippen molar-refractivity contribution in [3.05, 3.63) is 63.2 Å². The SMILES string of the molecule is Cc1ccc(S(=O)(=O)N(c2ccc(Cl)cc2[N+](=O)[O-])C(C)C)cc1. The van der Waals surface area contributed by atoms with Crippen LogP contribution in [0.2, 0.25) is 5.02 Å². The summed E-state index contributed by atoms with van der Waals surface area (Å²) < 4.78 is 27.1.